The molecule has 0 bridgehead atoms. The maximum Gasteiger partial charge on any atom is 0.251 e. The molecule has 1 saturated heterocycles. The third-order valence-electron chi connectivity index (χ3n) is 6.04. The maximum atomic E-state index is 13.2. The summed E-state index contributed by atoms with van der Waals surface area (Å²) >= 11 is 0. The third kappa shape index (κ3) is 6.58. The van der Waals surface area contributed by atoms with E-state index in [-0.39, 0.29) is 11.7 Å². The molecule has 2 aromatic carbocycles. The average molecular weight is 448 g/mol. The van der Waals surface area contributed by atoms with Gasteiger partial charge in [0.1, 0.15) is 18.0 Å². The molecule has 0 radical (unpaired) electrons. The topological polar surface area (TPSA) is 70.2 Å². The predicted octanol–water partition coefficient (Wildman–Crippen LogP) is 4.88. The number of nitrogens with one attached hydrogen (secondary N) is 2. The van der Waals surface area contributed by atoms with Crippen molar-refractivity contribution >= 4 is 17.4 Å². The van der Waals surface area contributed by atoms with Gasteiger partial charge >= 0.3 is 0 Å². The van der Waals surface area contributed by atoms with Crippen LogP contribution in [0.15, 0.2) is 60.9 Å². The fraction of sp³-hybridized carbons (Fsp3) is 0.346. The zero-order valence-corrected chi connectivity index (χ0v) is 18.9. The van der Waals surface area contributed by atoms with E-state index in [2.05, 4.69) is 32.4 Å². The van der Waals surface area contributed by atoms with Crippen molar-refractivity contribution < 1.29 is 9.18 Å². The lowest BCUT2D eigenvalue weighted by Gasteiger charge is -2.30. The molecule has 2 heterocycles. The van der Waals surface area contributed by atoms with Crippen molar-refractivity contribution in [2.24, 2.45) is 5.92 Å². The molecule has 1 fully saturated rings. The number of rotatable bonds is 8. The first-order valence-electron chi connectivity index (χ1n) is 11.5. The fourth-order valence-corrected chi connectivity index (χ4v) is 3.95. The summed E-state index contributed by atoms with van der Waals surface area (Å²) in [5.74, 6) is 1.11. The minimum absolute atomic E-state index is 0.0607. The van der Waals surface area contributed by atoms with Crippen molar-refractivity contribution in [1.29, 1.82) is 0 Å². The first-order chi connectivity index (χ1) is 16.1. The number of carbonyl (C=O) groups excluding carboxylic acids is 1. The highest BCUT2D eigenvalue weighted by Crippen LogP contribution is 2.22. The molecule has 172 valence electrons. The first kappa shape index (κ1) is 22.9. The van der Waals surface area contributed by atoms with Crippen LogP contribution in [-0.4, -0.2) is 47.0 Å². The number of anilines is 2. The lowest BCUT2D eigenvalue weighted by Crippen LogP contribution is -2.35. The van der Waals surface area contributed by atoms with Crippen LogP contribution in [0.25, 0.3) is 11.3 Å². The minimum atomic E-state index is -0.285. The van der Waals surface area contributed by atoms with Crippen LogP contribution in [0.2, 0.25) is 0 Å². The Morgan fingerprint density at radius 3 is 2.52 bits per heavy atom. The van der Waals surface area contributed by atoms with Crippen LogP contribution in [0.4, 0.5) is 15.9 Å². The summed E-state index contributed by atoms with van der Waals surface area (Å²) in [6, 6.07) is 15.3. The lowest BCUT2D eigenvalue weighted by atomic mass is 9.99. The lowest BCUT2D eigenvalue weighted by molar-refractivity contribution is 0.0950. The molecule has 1 aliphatic heterocycles. The maximum absolute atomic E-state index is 13.2. The molecular formula is C26H30FN5O. The number of piperidine rings is 1. The highest BCUT2D eigenvalue weighted by molar-refractivity contribution is 5.94. The minimum Gasteiger partial charge on any atom is -0.352 e. The highest BCUT2D eigenvalue weighted by Gasteiger charge is 2.15. The highest BCUT2D eigenvalue weighted by atomic mass is 19.1. The molecule has 6 nitrogen and oxygen atoms in total. The molecule has 0 spiro atoms. The Hall–Kier alpha value is -3.32. The van der Waals surface area contributed by atoms with Gasteiger partial charge in [-0.15, -0.1) is 0 Å². The number of likely N-dealkylation sites (tertiary alicyclic amines) is 1. The van der Waals surface area contributed by atoms with Crippen molar-refractivity contribution in [3.8, 4) is 11.3 Å². The Morgan fingerprint density at radius 2 is 1.79 bits per heavy atom. The third-order valence-corrected chi connectivity index (χ3v) is 6.04. The summed E-state index contributed by atoms with van der Waals surface area (Å²) in [5.41, 5.74) is 2.95. The van der Waals surface area contributed by atoms with Crippen LogP contribution in [0.5, 0.6) is 0 Å². The smallest absolute Gasteiger partial charge is 0.251 e. The second kappa shape index (κ2) is 11.0. The van der Waals surface area contributed by atoms with Gasteiger partial charge in [-0.1, -0.05) is 6.92 Å². The van der Waals surface area contributed by atoms with Gasteiger partial charge in [0.2, 0.25) is 0 Å². The number of amides is 1. The van der Waals surface area contributed by atoms with E-state index in [0.717, 1.165) is 30.1 Å². The molecule has 1 amide bonds. The van der Waals surface area contributed by atoms with Gasteiger partial charge in [-0.2, -0.15) is 0 Å². The van der Waals surface area contributed by atoms with Crippen LogP contribution in [0, 0.1) is 11.7 Å². The van der Waals surface area contributed by atoms with E-state index < -0.39 is 0 Å². The van der Waals surface area contributed by atoms with Gasteiger partial charge in [0.25, 0.3) is 5.91 Å². The van der Waals surface area contributed by atoms with E-state index in [4.69, 9.17) is 0 Å². The van der Waals surface area contributed by atoms with E-state index in [0.29, 0.717) is 23.6 Å². The molecule has 1 aromatic heterocycles. The summed E-state index contributed by atoms with van der Waals surface area (Å²) in [4.78, 5) is 23.4. The number of halogens is 1. The van der Waals surface area contributed by atoms with E-state index in [1.54, 1.807) is 30.3 Å². The number of nitrogens with zero attached hydrogens (tertiary/aromatic N) is 3. The van der Waals surface area contributed by atoms with Crippen molar-refractivity contribution in [2.45, 2.75) is 26.2 Å². The van der Waals surface area contributed by atoms with Crippen LogP contribution < -0.4 is 10.6 Å². The van der Waals surface area contributed by atoms with Gasteiger partial charge in [0.15, 0.2) is 0 Å². The molecule has 7 heteroatoms. The normalized spacial score (nSPS) is 14.7. The molecule has 1 aliphatic rings. The number of hydrogen-bond acceptors (Lipinski definition) is 5. The molecule has 0 unspecified atom stereocenters. The van der Waals surface area contributed by atoms with Gasteiger partial charge in [0, 0.05) is 29.4 Å². The fourth-order valence-electron chi connectivity index (χ4n) is 3.95. The molecule has 33 heavy (non-hydrogen) atoms. The van der Waals surface area contributed by atoms with Gasteiger partial charge in [-0.3, -0.25) is 4.79 Å². The van der Waals surface area contributed by atoms with Gasteiger partial charge < -0.3 is 15.5 Å². The average Bonchev–Trinajstić information content (AvgIpc) is 2.84. The summed E-state index contributed by atoms with van der Waals surface area (Å²) in [7, 11) is 0. The Bertz CT molecular complexity index is 1050. The second-order valence-corrected chi connectivity index (χ2v) is 8.63. The quantitative estimate of drug-likeness (QED) is 0.482. The van der Waals surface area contributed by atoms with E-state index in [1.807, 2.05) is 12.1 Å². The van der Waals surface area contributed by atoms with E-state index >= 15 is 0 Å². The van der Waals surface area contributed by atoms with Crippen molar-refractivity contribution in [1.82, 2.24) is 20.2 Å². The molecule has 4 rings (SSSR count). The van der Waals surface area contributed by atoms with Crippen LogP contribution in [-0.2, 0) is 0 Å². The zero-order chi connectivity index (χ0) is 23.0. The zero-order valence-electron chi connectivity index (χ0n) is 18.9. The predicted molar refractivity (Wildman–Crippen MR) is 129 cm³/mol. The Balaban J connectivity index is 1.26. The van der Waals surface area contributed by atoms with Crippen molar-refractivity contribution in [2.75, 3.05) is 31.5 Å². The molecule has 2 N–H and O–H groups in total. The number of carbonyl (C=O) groups is 1. The van der Waals surface area contributed by atoms with Gasteiger partial charge in [-0.05, 0) is 93.3 Å². The van der Waals surface area contributed by atoms with Crippen LogP contribution in [0.1, 0.15) is 36.5 Å². The number of hydrogen-bond donors (Lipinski definition) is 2. The molecular weight excluding hydrogens is 417 g/mol. The molecule has 0 aliphatic carbocycles. The summed E-state index contributed by atoms with van der Waals surface area (Å²) in [6.45, 7) is 6.37. The van der Waals surface area contributed by atoms with Crippen molar-refractivity contribution in [3.63, 3.8) is 0 Å². The Kier molecular flexibility index (Phi) is 7.62. The summed E-state index contributed by atoms with van der Waals surface area (Å²) < 4.78 is 13.2. The SMILES string of the molecule is CC1CCN(CCCNC(=O)c2ccc(Nc3cc(-c4ccc(F)cc4)ncn3)cc2)CC1. The Labute approximate surface area is 194 Å². The number of benzene rings is 2. The molecule has 0 atom stereocenters. The van der Waals surface area contributed by atoms with E-state index in [9.17, 15) is 9.18 Å². The monoisotopic (exact) mass is 447 g/mol. The second-order valence-electron chi connectivity index (χ2n) is 8.63. The van der Waals surface area contributed by atoms with Gasteiger partial charge in [-0.25, -0.2) is 14.4 Å². The molecule has 3 aromatic rings. The summed E-state index contributed by atoms with van der Waals surface area (Å²) in [6.07, 6.45) is 4.97. The van der Waals surface area contributed by atoms with Gasteiger partial charge in [0.05, 0.1) is 5.69 Å². The van der Waals surface area contributed by atoms with Crippen molar-refractivity contribution in [3.05, 3.63) is 72.3 Å². The molecule has 0 saturated carbocycles. The summed E-state index contributed by atoms with van der Waals surface area (Å²) in [5, 5.41) is 6.23. The van der Waals surface area contributed by atoms with Crippen LogP contribution >= 0.6 is 0 Å². The first-order valence-corrected chi connectivity index (χ1v) is 11.5. The number of aromatic nitrogens is 2. The Morgan fingerprint density at radius 1 is 1.06 bits per heavy atom. The largest absolute Gasteiger partial charge is 0.352 e. The standard InChI is InChI=1S/C26H30FN5O/c1-19-11-15-32(16-12-19)14-2-13-28-26(33)21-5-9-23(10-6-21)31-25-17-24(29-18-30-25)20-3-7-22(27)8-4-20/h3-10,17-19H,2,11-16H2,1H3,(H,28,33)(H,29,30,31). The van der Waals surface area contributed by atoms with E-state index in [1.165, 1.54) is 44.4 Å². The van der Waals surface area contributed by atoms with Crippen LogP contribution in [0.3, 0.4) is 0 Å².